The van der Waals surface area contributed by atoms with Crippen LogP contribution >= 0.6 is 11.6 Å². The van der Waals surface area contributed by atoms with Gasteiger partial charge in [0.2, 0.25) is 11.7 Å². The minimum Gasteiger partial charge on any atom is -0.381 e. The van der Waals surface area contributed by atoms with Gasteiger partial charge in [-0.3, -0.25) is 14.4 Å². The first-order valence-corrected chi connectivity index (χ1v) is 13.1. The van der Waals surface area contributed by atoms with Gasteiger partial charge in [0.05, 0.1) is 17.3 Å². The lowest BCUT2D eigenvalue weighted by molar-refractivity contribution is -0.137. The predicted molar refractivity (Wildman–Crippen MR) is 141 cm³/mol. The molecule has 3 N–H and O–H groups in total. The first kappa shape index (κ1) is 30.9. The van der Waals surface area contributed by atoms with Crippen molar-refractivity contribution in [2.75, 3.05) is 25.6 Å². The molecular formula is C27H25ClF5N5O4. The normalized spacial score (nSPS) is 16.5. The average Bonchev–Trinajstić information content (AvgIpc) is 3.31. The minimum atomic E-state index is -4.92. The van der Waals surface area contributed by atoms with Crippen LogP contribution in [0.25, 0.3) is 0 Å². The van der Waals surface area contributed by atoms with E-state index in [4.69, 9.17) is 16.3 Å². The number of rotatable bonds is 4. The van der Waals surface area contributed by atoms with Gasteiger partial charge >= 0.3 is 6.18 Å². The highest BCUT2D eigenvalue weighted by atomic mass is 35.5. The third-order valence-corrected chi connectivity index (χ3v) is 6.73. The van der Waals surface area contributed by atoms with Gasteiger partial charge < -0.3 is 25.3 Å². The first-order valence-electron chi connectivity index (χ1n) is 12.7. The van der Waals surface area contributed by atoms with E-state index in [0.29, 0.717) is 12.1 Å². The second-order valence-electron chi connectivity index (χ2n) is 9.35. The van der Waals surface area contributed by atoms with E-state index in [1.165, 1.54) is 32.4 Å². The number of amides is 3. The molecule has 42 heavy (non-hydrogen) atoms. The molecule has 1 atom stereocenters. The molecule has 3 amide bonds. The maximum absolute atomic E-state index is 14.0. The zero-order chi connectivity index (χ0) is 30.6. The molecule has 0 aliphatic carbocycles. The monoisotopic (exact) mass is 613 g/mol. The largest absolute Gasteiger partial charge is 0.416 e. The maximum Gasteiger partial charge on any atom is 0.416 e. The van der Waals surface area contributed by atoms with Gasteiger partial charge in [0.1, 0.15) is 18.2 Å². The minimum absolute atomic E-state index is 0.00139. The summed E-state index contributed by atoms with van der Waals surface area (Å²) >= 11 is 6.21. The SMILES string of the molecule is C1CCOCC1.CNC(=O)c1nc(NC(=O)c2cc(F)cc(C(F)(F)F)c2)c2n1CC(=O)N[C@H]2c1cc(F)ccc1Cl. The Morgan fingerprint density at radius 1 is 1.05 bits per heavy atom. The third-order valence-electron chi connectivity index (χ3n) is 6.38. The Kier molecular flexibility index (Phi) is 9.46. The Labute approximate surface area is 241 Å². The van der Waals surface area contributed by atoms with Crippen molar-refractivity contribution < 1.29 is 41.1 Å². The number of fused-ring (bicyclic) bond motifs is 1. The molecule has 5 rings (SSSR count). The van der Waals surface area contributed by atoms with Crippen LogP contribution in [0.2, 0.25) is 5.02 Å². The molecule has 224 valence electrons. The topological polar surface area (TPSA) is 114 Å². The number of imidazole rings is 1. The van der Waals surface area contributed by atoms with Crippen molar-refractivity contribution in [3.05, 3.63) is 81.3 Å². The van der Waals surface area contributed by atoms with Crippen LogP contribution in [0, 0.1) is 11.6 Å². The van der Waals surface area contributed by atoms with Crippen molar-refractivity contribution in [2.24, 2.45) is 0 Å². The number of carbonyl (C=O) groups excluding carboxylic acids is 3. The lowest BCUT2D eigenvalue weighted by Crippen LogP contribution is -2.41. The number of nitrogens with zero attached hydrogens (tertiary/aromatic N) is 2. The van der Waals surface area contributed by atoms with Crippen molar-refractivity contribution in [2.45, 2.75) is 38.0 Å². The third kappa shape index (κ3) is 7.05. The van der Waals surface area contributed by atoms with Gasteiger partial charge in [0, 0.05) is 36.4 Å². The Hall–Kier alpha value is -4.04. The van der Waals surface area contributed by atoms with E-state index >= 15 is 0 Å². The summed E-state index contributed by atoms with van der Waals surface area (Å²) < 4.78 is 73.4. The molecule has 15 heteroatoms. The van der Waals surface area contributed by atoms with Crippen molar-refractivity contribution >= 4 is 35.1 Å². The molecule has 0 unspecified atom stereocenters. The molecular weight excluding hydrogens is 589 g/mol. The maximum atomic E-state index is 14.0. The summed E-state index contributed by atoms with van der Waals surface area (Å²) in [5.41, 5.74) is -2.00. The van der Waals surface area contributed by atoms with E-state index in [1.54, 1.807) is 0 Å². The van der Waals surface area contributed by atoms with Crippen LogP contribution in [-0.2, 0) is 22.3 Å². The van der Waals surface area contributed by atoms with Crippen LogP contribution in [0.4, 0.5) is 27.8 Å². The number of alkyl halides is 3. The van der Waals surface area contributed by atoms with Crippen molar-refractivity contribution in [1.82, 2.24) is 20.2 Å². The highest BCUT2D eigenvalue weighted by Gasteiger charge is 2.36. The molecule has 9 nitrogen and oxygen atoms in total. The van der Waals surface area contributed by atoms with E-state index in [9.17, 15) is 36.3 Å². The molecule has 1 saturated heterocycles. The Bertz CT molecular complexity index is 1500. The highest BCUT2D eigenvalue weighted by molar-refractivity contribution is 6.31. The molecule has 0 radical (unpaired) electrons. The number of carbonyl (C=O) groups is 3. The summed E-state index contributed by atoms with van der Waals surface area (Å²) in [6.07, 6.45) is -0.986. The number of aromatic nitrogens is 2. The van der Waals surface area contributed by atoms with Gasteiger partial charge in [-0.05, 0) is 55.7 Å². The Morgan fingerprint density at radius 3 is 2.36 bits per heavy atom. The molecule has 0 saturated carbocycles. The van der Waals surface area contributed by atoms with Gasteiger partial charge in [-0.15, -0.1) is 0 Å². The van der Waals surface area contributed by atoms with Crippen LogP contribution in [-0.4, -0.2) is 47.5 Å². The van der Waals surface area contributed by atoms with E-state index in [1.807, 2.05) is 0 Å². The standard InChI is InChI=1S/C22H15ClF5N5O3.C5H10O/c1-29-21(36)19-31-18(32-20(35)9-4-10(22(26,27)28)6-12(25)5-9)17-16(30-15(34)8-33(17)19)13-7-11(24)2-3-14(13)23;1-2-4-6-5-3-1/h2-7,16H,8H2,1H3,(H,29,36)(H,30,34)(H,32,35);1-5H2/t16-;/m0./s1. The fraction of sp³-hybridized carbons (Fsp3) is 0.333. The van der Waals surface area contributed by atoms with Gasteiger partial charge in [0.25, 0.3) is 11.8 Å². The fourth-order valence-electron chi connectivity index (χ4n) is 4.43. The first-order chi connectivity index (χ1) is 19.9. The molecule has 3 aromatic rings. The number of anilines is 1. The lowest BCUT2D eigenvalue weighted by Gasteiger charge is -2.28. The number of hydrogen-bond donors (Lipinski definition) is 3. The second-order valence-corrected chi connectivity index (χ2v) is 9.76. The van der Waals surface area contributed by atoms with Gasteiger partial charge in [-0.25, -0.2) is 13.8 Å². The summed E-state index contributed by atoms with van der Waals surface area (Å²) in [6, 6.07) is 3.42. The fourth-order valence-corrected chi connectivity index (χ4v) is 4.65. The lowest BCUT2D eigenvalue weighted by atomic mass is 10.0. The van der Waals surface area contributed by atoms with Crippen LogP contribution in [0.5, 0.6) is 0 Å². The second kappa shape index (κ2) is 12.9. The summed E-state index contributed by atoms with van der Waals surface area (Å²) in [5.74, 6) is -5.16. The molecule has 1 aromatic heterocycles. The van der Waals surface area contributed by atoms with E-state index in [2.05, 4.69) is 20.9 Å². The summed E-state index contributed by atoms with van der Waals surface area (Å²) in [7, 11) is 1.29. The van der Waals surface area contributed by atoms with Crippen molar-refractivity contribution in [3.8, 4) is 0 Å². The summed E-state index contributed by atoms with van der Waals surface area (Å²) in [6.45, 7) is 1.59. The number of ether oxygens (including phenoxy) is 1. The highest BCUT2D eigenvalue weighted by Crippen LogP contribution is 2.36. The van der Waals surface area contributed by atoms with Crippen molar-refractivity contribution in [3.63, 3.8) is 0 Å². The van der Waals surface area contributed by atoms with Gasteiger partial charge in [-0.2, -0.15) is 13.2 Å². The van der Waals surface area contributed by atoms with Crippen LogP contribution in [0.1, 0.15) is 63.1 Å². The number of nitrogens with one attached hydrogen (secondary N) is 3. The molecule has 2 aromatic carbocycles. The summed E-state index contributed by atoms with van der Waals surface area (Å²) in [5, 5.41) is 7.20. The molecule has 1 fully saturated rings. The van der Waals surface area contributed by atoms with E-state index in [-0.39, 0.29) is 34.0 Å². The predicted octanol–water partition coefficient (Wildman–Crippen LogP) is 4.85. The van der Waals surface area contributed by atoms with E-state index in [0.717, 1.165) is 29.9 Å². The number of hydrogen-bond acceptors (Lipinski definition) is 5. The van der Waals surface area contributed by atoms with Crippen LogP contribution < -0.4 is 16.0 Å². The molecule has 0 spiro atoms. The number of halogens is 6. The van der Waals surface area contributed by atoms with Crippen LogP contribution in [0.15, 0.2) is 36.4 Å². The Morgan fingerprint density at radius 2 is 1.76 bits per heavy atom. The molecule has 2 aliphatic rings. The zero-order valence-corrected chi connectivity index (χ0v) is 22.8. The molecule has 2 aliphatic heterocycles. The zero-order valence-electron chi connectivity index (χ0n) is 22.1. The summed E-state index contributed by atoms with van der Waals surface area (Å²) in [4.78, 5) is 41.8. The van der Waals surface area contributed by atoms with E-state index < -0.39 is 59.2 Å². The number of benzene rings is 2. The van der Waals surface area contributed by atoms with Gasteiger partial charge in [0.15, 0.2) is 5.82 Å². The van der Waals surface area contributed by atoms with Crippen LogP contribution in [0.3, 0.4) is 0 Å². The quantitative estimate of drug-likeness (QED) is 0.364. The molecule has 3 heterocycles. The van der Waals surface area contributed by atoms with Crippen molar-refractivity contribution in [1.29, 1.82) is 0 Å². The molecule has 0 bridgehead atoms. The van der Waals surface area contributed by atoms with Gasteiger partial charge in [-0.1, -0.05) is 11.6 Å². The average molecular weight is 614 g/mol. The smallest absolute Gasteiger partial charge is 0.381 e. The Balaban J connectivity index is 0.000000600.